The van der Waals surface area contributed by atoms with Gasteiger partial charge in [-0.25, -0.2) is 5.43 Å². The van der Waals surface area contributed by atoms with Crippen molar-refractivity contribution in [2.24, 2.45) is 5.10 Å². The van der Waals surface area contributed by atoms with E-state index in [1.165, 1.54) is 6.21 Å². The van der Waals surface area contributed by atoms with Crippen LogP contribution in [0.4, 0.5) is 0 Å². The van der Waals surface area contributed by atoms with Gasteiger partial charge in [0.2, 0.25) is 0 Å². The molecule has 0 radical (unpaired) electrons. The lowest BCUT2D eigenvalue weighted by Gasteiger charge is -2.12. The van der Waals surface area contributed by atoms with Crippen molar-refractivity contribution < 1.29 is 14.3 Å². The van der Waals surface area contributed by atoms with Crippen LogP contribution in [0.1, 0.15) is 24.0 Å². The predicted molar refractivity (Wildman–Crippen MR) is 112 cm³/mol. The lowest BCUT2D eigenvalue weighted by molar-refractivity contribution is -0.139. The van der Waals surface area contributed by atoms with E-state index in [-0.39, 0.29) is 6.04 Å². The van der Waals surface area contributed by atoms with Crippen LogP contribution >= 0.6 is 0 Å². The number of hydrazone groups is 1. The van der Waals surface area contributed by atoms with Gasteiger partial charge in [-0.1, -0.05) is 60.7 Å². The molecule has 6 heteroatoms. The molecule has 3 aromatic rings. The highest BCUT2D eigenvalue weighted by Crippen LogP contribution is 2.27. The van der Waals surface area contributed by atoms with Gasteiger partial charge in [0.25, 0.3) is 0 Å². The number of amides is 2. The van der Waals surface area contributed by atoms with Crippen molar-refractivity contribution in [3.05, 3.63) is 77.9 Å². The number of rotatable bonds is 6. The Morgan fingerprint density at radius 1 is 0.966 bits per heavy atom. The largest absolute Gasteiger partial charge is 0.488 e. The Balaban J connectivity index is 1.53. The molecule has 1 fully saturated rings. The van der Waals surface area contributed by atoms with Crippen molar-refractivity contribution in [3.63, 3.8) is 0 Å². The SMILES string of the molecule is O=C(N/N=C\c1c(OCc2ccccc2)ccc2ccccc12)C(=O)NC1CC1. The molecule has 2 N–H and O–H groups in total. The van der Waals surface area contributed by atoms with E-state index in [4.69, 9.17) is 4.74 Å². The highest BCUT2D eigenvalue weighted by Gasteiger charge is 2.26. The Kier molecular flexibility index (Phi) is 5.52. The van der Waals surface area contributed by atoms with Crippen LogP contribution in [0.5, 0.6) is 5.75 Å². The number of benzene rings is 3. The Hall–Kier alpha value is -3.67. The first kappa shape index (κ1) is 18.7. The van der Waals surface area contributed by atoms with Gasteiger partial charge in [0.15, 0.2) is 0 Å². The summed E-state index contributed by atoms with van der Waals surface area (Å²) in [6, 6.07) is 21.7. The molecule has 29 heavy (non-hydrogen) atoms. The van der Waals surface area contributed by atoms with Crippen LogP contribution in [0.2, 0.25) is 0 Å². The molecule has 1 aliphatic carbocycles. The van der Waals surface area contributed by atoms with Crippen LogP contribution < -0.4 is 15.5 Å². The van der Waals surface area contributed by atoms with E-state index in [0.29, 0.717) is 12.4 Å². The zero-order valence-corrected chi connectivity index (χ0v) is 15.8. The number of nitrogens with zero attached hydrogens (tertiary/aromatic N) is 1. The summed E-state index contributed by atoms with van der Waals surface area (Å²) in [7, 11) is 0. The lowest BCUT2D eigenvalue weighted by atomic mass is 10.0. The summed E-state index contributed by atoms with van der Waals surface area (Å²) in [6.45, 7) is 0.413. The molecule has 2 amide bonds. The summed E-state index contributed by atoms with van der Waals surface area (Å²) < 4.78 is 6.01. The second-order valence-electron chi connectivity index (χ2n) is 6.92. The molecular weight excluding hydrogens is 366 g/mol. The normalized spacial score (nSPS) is 13.4. The fourth-order valence-electron chi connectivity index (χ4n) is 2.95. The minimum Gasteiger partial charge on any atom is -0.488 e. The molecule has 4 rings (SSSR count). The van der Waals surface area contributed by atoms with Crippen molar-refractivity contribution in [1.29, 1.82) is 0 Å². The van der Waals surface area contributed by atoms with Gasteiger partial charge in [-0.3, -0.25) is 9.59 Å². The smallest absolute Gasteiger partial charge is 0.329 e. The number of hydrogen-bond acceptors (Lipinski definition) is 4. The van der Waals surface area contributed by atoms with Crippen molar-refractivity contribution in [2.45, 2.75) is 25.5 Å². The number of carbonyl (C=O) groups excluding carboxylic acids is 2. The maximum atomic E-state index is 11.9. The summed E-state index contributed by atoms with van der Waals surface area (Å²) >= 11 is 0. The Labute approximate surface area is 168 Å². The average Bonchev–Trinajstić information content (AvgIpc) is 3.57. The third-order valence-corrected chi connectivity index (χ3v) is 4.65. The number of nitrogens with one attached hydrogen (secondary N) is 2. The minimum absolute atomic E-state index is 0.119. The topological polar surface area (TPSA) is 79.8 Å². The number of ether oxygens (including phenoxy) is 1. The molecule has 0 spiro atoms. The molecule has 0 atom stereocenters. The molecule has 146 valence electrons. The van der Waals surface area contributed by atoms with Crippen LogP contribution in [0.25, 0.3) is 10.8 Å². The van der Waals surface area contributed by atoms with E-state index < -0.39 is 11.8 Å². The molecule has 0 heterocycles. The monoisotopic (exact) mass is 387 g/mol. The molecule has 1 aliphatic rings. The lowest BCUT2D eigenvalue weighted by Crippen LogP contribution is -2.38. The van der Waals surface area contributed by atoms with Gasteiger partial charge in [-0.05, 0) is 35.2 Å². The third kappa shape index (κ3) is 4.79. The first-order valence-electron chi connectivity index (χ1n) is 9.53. The van der Waals surface area contributed by atoms with Crippen LogP contribution in [-0.4, -0.2) is 24.1 Å². The van der Waals surface area contributed by atoms with E-state index in [2.05, 4.69) is 15.8 Å². The zero-order chi connectivity index (χ0) is 20.1. The van der Waals surface area contributed by atoms with Crippen molar-refractivity contribution in [1.82, 2.24) is 10.7 Å². The molecule has 0 aliphatic heterocycles. The highest BCUT2D eigenvalue weighted by molar-refractivity contribution is 6.35. The summed E-state index contributed by atoms with van der Waals surface area (Å²) in [5, 5.41) is 8.59. The molecule has 0 saturated heterocycles. The summed E-state index contributed by atoms with van der Waals surface area (Å²) in [5.74, 6) is -0.795. The van der Waals surface area contributed by atoms with Crippen LogP contribution in [0, 0.1) is 0 Å². The Morgan fingerprint density at radius 2 is 1.72 bits per heavy atom. The zero-order valence-electron chi connectivity index (χ0n) is 15.8. The fraction of sp³-hybridized carbons (Fsp3) is 0.174. The van der Waals surface area contributed by atoms with Gasteiger partial charge >= 0.3 is 11.8 Å². The van der Waals surface area contributed by atoms with Crippen molar-refractivity contribution >= 4 is 28.8 Å². The Morgan fingerprint density at radius 3 is 2.52 bits per heavy atom. The molecule has 0 bridgehead atoms. The first-order valence-corrected chi connectivity index (χ1v) is 9.53. The molecule has 1 saturated carbocycles. The number of carbonyl (C=O) groups is 2. The molecular formula is C23H21N3O3. The molecule has 3 aromatic carbocycles. The first-order chi connectivity index (χ1) is 14.2. The van der Waals surface area contributed by atoms with E-state index in [1.54, 1.807) is 0 Å². The quantitative estimate of drug-likeness (QED) is 0.387. The average molecular weight is 387 g/mol. The maximum Gasteiger partial charge on any atom is 0.329 e. The molecule has 0 unspecified atom stereocenters. The fourth-order valence-corrected chi connectivity index (χ4v) is 2.95. The number of fused-ring (bicyclic) bond motifs is 1. The summed E-state index contributed by atoms with van der Waals surface area (Å²) in [4.78, 5) is 23.6. The molecule has 0 aromatic heterocycles. The van der Waals surface area contributed by atoms with E-state index in [1.807, 2.05) is 66.7 Å². The minimum atomic E-state index is -0.778. The van der Waals surface area contributed by atoms with Crippen molar-refractivity contribution in [2.75, 3.05) is 0 Å². The number of hydrogen-bond donors (Lipinski definition) is 2. The van der Waals surface area contributed by atoms with Gasteiger partial charge in [0.05, 0.1) is 6.21 Å². The van der Waals surface area contributed by atoms with Gasteiger partial charge in [0, 0.05) is 11.6 Å². The standard InChI is InChI=1S/C23H21N3O3/c27-22(25-18-11-12-18)23(28)26-24-14-20-19-9-5-4-8-17(19)10-13-21(20)29-15-16-6-2-1-3-7-16/h1-10,13-14,18H,11-12,15H2,(H,25,27)(H,26,28)/b24-14-. The third-order valence-electron chi connectivity index (χ3n) is 4.65. The van der Waals surface area contributed by atoms with Crippen LogP contribution in [-0.2, 0) is 16.2 Å². The van der Waals surface area contributed by atoms with Crippen LogP contribution in [0.3, 0.4) is 0 Å². The predicted octanol–water partition coefficient (Wildman–Crippen LogP) is 3.15. The van der Waals surface area contributed by atoms with Gasteiger partial charge in [-0.15, -0.1) is 0 Å². The highest BCUT2D eigenvalue weighted by atomic mass is 16.5. The summed E-state index contributed by atoms with van der Waals surface area (Å²) in [6.07, 6.45) is 3.35. The second kappa shape index (κ2) is 8.56. The van der Waals surface area contributed by atoms with E-state index in [0.717, 1.165) is 34.7 Å². The maximum absolute atomic E-state index is 11.9. The van der Waals surface area contributed by atoms with E-state index in [9.17, 15) is 9.59 Å². The molecule has 6 nitrogen and oxygen atoms in total. The van der Waals surface area contributed by atoms with Gasteiger partial charge in [-0.2, -0.15) is 5.10 Å². The van der Waals surface area contributed by atoms with E-state index >= 15 is 0 Å². The van der Waals surface area contributed by atoms with Gasteiger partial charge < -0.3 is 10.1 Å². The summed E-state index contributed by atoms with van der Waals surface area (Å²) in [5.41, 5.74) is 4.08. The van der Waals surface area contributed by atoms with Crippen molar-refractivity contribution in [3.8, 4) is 5.75 Å². The van der Waals surface area contributed by atoms with Gasteiger partial charge in [0.1, 0.15) is 12.4 Å². The van der Waals surface area contributed by atoms with Crippen LogP contribution in [0.15, 0.2) is 71.8 Å². The Bertz CT molecular complexity index is 1060. The second-order valence-corrected chi connectivity index (χ2v) is 6.92.